The van der Waals surface area contributed by atoms with Crippen molar-refractivity contribution in [2.24, 2.45) is 0 Å². The minimum absolute atomic E-state index is 0.146. The van der Waals surface area contributed by atoms with Gasteiger partial charge in [0, 0.05) is 51.5 Å². The second-order valence-electron chi connectivity index (χ2n) is 8.92. The Bertz CT molecular complexity index is 1360. The molecule has 10 nitrogen and oxygen atoms in total. The third kappa shape index (κ3) is 6.12. The van der Waals surface area contributed by atoms with Crippen molar-refractivity contribution in [2.45, 2.75) is 6.54 Å². The van der Waals surface area contributed by atoms with Crippen LogP contribution in [0.2, 0.25) is 0 Å². The van der Waals surface area contributed by atoms with E-state index in [1.54, 1.807) is 17.0 Å². The summed E-state index contributed by atoms with van der Waals surface area (Å²) in [6.45, 7) is 2.76. The van der Waals surface area contributed by atoms with Crippen LogP contribution in [0.15, 0.2) is 71.6 Å². The maximum Gasteiger partial charge on any atom is 0.321 e. The number of thioether (sulfide) groups is 1. The summed E-state index contributed by atoms with van der Waals surface area (Å²) in [5.74, 6) is 0.759. The van der Waals surface area contributed by atoms with Gasteiger partial charge in [0.1, 0.15) is 5.82 Å². The van der Waals surface area contributed by atoms with Gasteiger partial charge < -0.3 is 20.0 Å². The van der Waals surface area contributed by atoms with Gasteiger partial charge in [-0.1, -0.05) is 48.5 Å². The molecule has 0 aliphatic carbocycles. The number of para-hydroxylation sites is 1. The summed E-state index contributed by atoms with van der Waals surface area (Å²) in [6.07, 6.45) is 1.61. The molecule has 2 saturated heterocycles. The fraction of sp³-hybridized carbons (Fsp3) is 0.222. The van der Waals surface area contributed by atoms with E-state index in [0.717, 1.165) is 23.0 Å². The molecule has 0 radical (unpaired) electrons. The average Bonchev–Trinajstić information content (AvgIpc) is 3.25. The van der Waals surface area contributed by atoms with E-state index in [0.29, 0.717) is 55.1 Å². The molecular formula is C27H27N7O3S. The lowest BCUT2D eigenvalue weighted by Crippen LogP contribution is -2.50. The van der Waals surface area contributed by atoms with E-state index in [1.165, 1.54) is 0 Å². The zero-order chi connectivity index (χ0) is 26.5. The normalized spacial score (nSPS) is 16.5. The first-order chi connectivity index (χ1) is 18.4. The average molecular weight is 530 g/mol. The van der Waals surface area contributed by atoms with Gasteiger partial charge in [0.25, 0.3) is 11.1 Å². The lowest BCUT2D eigenvalue weighted by Gasteiger charge is -2.35. The van der Waals surface area contributed by atoms with Crippen LogP contribution in [0.5, 0.6) is 0 Å². The van der Waals surface area contributed by atoms with Crippen LogP contribution in [-0.4, -0.2) is 65.3 Å². The SMILES string of the molecule is CN(Cc1ccccc1)c1cc(/C=C2/SC(=O)NC2=O)nc(N2CCN(C(=O)Nc3ccccc3)CC2)n1. The Labute approximate surface area is 224 Å². The van der Waals surface area contributed by atoms with E-state index in [-0.39, 0.29) is 6.03 Å². The Morgan fingerprint density at radius 1 is 1.03 bits per heavy atom. The number of carbonyl (C=O) groups is 3. The van der Waals surface area contributed by atoms with Gasteiger partial charge in [0.2, 0.25) is 5.95 Å². The maximum atomic E-state index is 12.7. The molecule has 38 heavy (non-hydrogen) atoms. The van der Waals surface area contributed by atoms with Crippen molar-refractivity contribution in [1.29, 1.82) is 0 Å². The van der Waals surface area contributed by atoms with Gasteiger partial charge in [-0.05, 0) is 35.5 Å². The lowest BCUT2D eigenvalue weighted by atomic mass is 10.2. The van der Waals surface area contributed by atoms with Crippen LogP contribution in [-0.2, 0) is 11.3 Å². The van der Waals surface area contributed by atoms with Crippen molar-refractivity contribution in [3.05, 3.63) is 82.9 Å². The van der Waals surface area contributed by atoms with Crippen LogP contribution in [0.25, 0.3) is 6.08 Å². The summed E-state index contributed by atoms with van der Waals surface area (Å²) >= 11 is 0.854. The molecule has 0 bridgehead atoms. The number of amides is 4. The Balaban J connectivity index is 1.35. The molecule has 2 aromatic carbocycles. The van der Waals surface area contributed by atoms with Crippen molar-refractivity contribution in [2.75, 3.05) is 48.3 Å². The van der Waals surface area contributed by atoms with Gasteiger partial charge in [0.05, 0.1) is 10.6 Å². The van der Waals surface area contributed by atoms with Crippen LogP contribution >= 0.6 is 11.8 Å². The van der Waals surface area contributed by atoms with Crippen LogP contribution in [0.4, 0.5) is 27.0 Å². The molecule has 0 spiro atoms. The van der Waals surface area contributed by atoms with E-state index in [2.05, 4.69) is 10.6 Å². The molecule has 0 unspecified atom stereocenters. The Morgan fingerprint density at radius 2 is 1.71 bits per heavy atom. The molecule has 3 aromatic rings. The zero-order valence-corrected chi connectivity index (χ0v) is 21.6. The molecule has 0 atom stereocenters. The highest BCUT2D eigenvalue weighted by Gasteiger charge is 2.27. The van der Waals surface area contributed by atoms with Gasteiger partial charge in [-0.25, -0.2) is 9.78 Å². The Morgan fingerprint density at radius 3 is 2.37 bits per heavy atom. The standard InChI is InChI=1S/C27H27N7O3S/c1-32(18-19-8-4-2-5-9-19)23-17-21(16-22-24(35)31-27(37)38-22)28-25(30-23)33-12-14-34(15-13-33)26(36)29-20-10-6-3-7-11-20/h2-11,16-17H,12-15,18H2,1H3,(H,29,36)(H,31,35,37)/b22-16+. The fourth-order valence-corrected chi connectivity index (χ4v) is 4.84. The number of benzene rings is 2. The molecule has 194 valence electrons. The van der Waals surface area contributed by atoms with Crippen molar-refractivity contribution < 1.29 is 14.4 Å². The van der Waals surface area contributed by atoms with Crippen molar-refractivity contribution in [1.82, 2.24) is 20.2 Å². The molecule has 4 amide bonds. The first-order valence-electron chi connectivity index (χ1n) is 12.2. The number of piperazine rings is 1. The van der Waals surface area contributed by atoms with E-state index in [9.17, 15) is 14.4 Å². The van der Waals surface area contributed by atoms with Gasteiger partial charge >= 0.3 is 6.03 Å². The van der Waals surface area contributed by atoms with Crippen molar-refractivity contribution >= 4 is 52.5 Å². The van der Waals surface area contributed by atoms with Gasteiger partial charge in [-0.3, -0.25) is 14.9 Å². The topological polar surface area (TPSA) is 111 Å². The number of rotatable bonds is 6. The van der Waals surface area contributed by atoms with E-state index < -0.39 is 11.1 Å². The van der Waals surface area contributed by atoms with Crippen LogP contribution in [0, 0.1) is 0 Å². The molecule has 1 aromatic heterocycles. The van der Waals surface area contributed by atoms with Gasteiger partial charge in [-0.15, -0.1) is 0 Å². The van der Waals surface area contributed by atoms with Crippen molar-refractivity contribution in [3.8, 4) is 0 Å². The third-order valence-corrected chi connectivity index (χ3v) is 6.98. The van der Waals surface area contributed by atoms with Gasteiger partial charge in [-0.2, -0.15) is 4.98 Å². The number of nitrogens with zero attached hydrogens (tertiary/aromatic N) is 5. The van der Waals surface area contributed by atoms with Gasteiger partial charge in [0.15, 0.2) is 0 Å². The first kappa shape index (κ1) is 25.3. The van der Waals surface area contributed by atoms with Crippen LogP contribution < -0.4 is 20.4 Å². The second-order valence-corrected chi connectivity index (χ2v) is 9.93. The molecule has 2 aliphatic rings. The fourth-order valence-electron chi connectivity index (χ4n) is 4.18. The number of hydrogen-bond acceptors (Lipinski definition) is 8. The predicted octanol–water partition coefficient (Wildman–Crippen LogP) is 3.79. The molecule has 2 N–H and O–H groups in total. The monoisotopic (exact) mass is 529 g/mol. The predicted molar refractivity (Wildman–Crippen MR) is 149 cm³/mol. The minimum Gasteiger partial charge on any atom is -0.355 e. The highest BCUT2D eigenvalue weighted by Crippen LogP contribution is 2.27. The molecule has 11 heteroatoms. The summed E-state index contributed by atoms with van der Waals surface area (Å²) < 4.78 is 0. The maximum absolute atomic E-state index is 12.7. The smallest absolute Gasteiger partial charge is 0.321 e. The molecular weight excluding hydrogens is 502 g/mol. The molecule has 3 heterocycles. The summed E-state index contributed by atoms with van der Waals surface area (Å²) in [4.78, 5) is 52.1. The third-order valence-electron chi connectivity index (χ3n) is 6.17. The summed E-state index contributed by atoms with van der Waals surface area (Å²) in [6, 6.07) is 21.1. The highest BCUT2D eigenvalue weighted by atomic mass is 32.2. The summed E-state index contributed by atoms with van der Waals surface area (Å²) in [5.41, 5.74) is 2.41. The number of aromatic nitrogens is 2. The minimum atomic E-state index is -0.433. The first-order valence-corrected chi connectivity index (χ1v) is 13.0. The number of carbonyl (C=O) groups excluding carboxylic acids is 3. The van der Waals surface area contributed by atoms with E-state index >= 15 is 0 Å². The summed E-state index contributed by atoms with van der Waals surface area (Å²) in [5, 5.41) is 4.80. The molecule has 0 saturated carbocycles. The van der Waals surface area contributed by atoms with Crippen molar-refractivity contribution in [3.63, 3.8) is 0 Å². The highest BCUT2D eigenvalue weighted by molar-refractivity contribution is 8.18. The number of urea groups is 1. The number of hydrogen-bond donors (Lipinski definition) is 2. The van der Waals surface area contributed by atoms with E-state index in [4.69, 9.17) is 9.97 Å². The zero-order valence-electron chi connectivity index (χ0n) is 20.8. The molecule has 5 rings (SSSR count). The number of nitrogens with one attached hydrogen (secondary N) is 2. The number of anilines is 3. The van der Waals surface area contributed by atoms with E-state index in [1.807, 2.05) is 77.5 Å². The lowest BCUT2D eigenvalue weighted by molar-refractivity contribution is -0.115. The second kappa shape index (κ2) is 11.3. The van der Waals surface area contributed by atoms with Crippen LogP contribution in [0.1, 0.15) is 11.3 Å². The van der Waals surface area contributed by atoms with Crippen LogP contribution in [0.3, 0.4) is 0 Å². The Kier molecular flexibility index (Phi) is 7.55. The molecule has 2 fully saturated rings. The molecule has 2 aliphatic heterocycles. The largest absolute Gasteiger partial charge is 0.355 e. The number of imide groups is 1. The summed E-state index contributed by atoms with van der Waals surface area (Å²) in [7, 11) is 1.95. The quantitative estimate of drug-likeness (QED) is 0.464. The Hall–Kier alpha value is -4.38.